The van der Waals surface area contributed by atoms with Crippen molar-refractivity contribution in [1.29, 1.82) is 0 Å². The van der Waals surface area contributed by atoms with Gasteiger partial charge in [-0.15, -0.1) is 0 Å². The first-order valence-corrected chi connectivity index (χ1v) is 5.60. The van der Waals surface area contributed by atoms with Gasteiger partial charge in [0.25, 0.3) is 0 Å². The molecule has 1 heterocycles. The van der Waals surface area contributed by atoms with E-state index < -0.39 is 0 Å². The number of hydrogen-bond acceptors (Lipinski definition) is 2. The summed E-state index contributed by atoms with van der Waals surface area (Å²) in [7, 11) is 0. The summed E-state index contributed by atoms with van der Waals surface area (Å²) in [5.74, 6) is -0.373. The third-order valence-corrected chi connectivity index (χ3v) is 2.78. The van der Waals surface area contributed by atoms with Crippen LogP contribution in [0.2, 0.25) is 0 Å². The maximum atomic E-state index is 13.3. The van der Waals surface area contributed by atoms with Crippen molar-refractivity contribution < 1.29 is 4.39 Å². The highest BCUT2D eigenvalue weighted by Crippen LogP contribution is 2.28. The maximum absolute atomic E-state index is 13.3. The Morgan fingerprint density at radius 3 is 2.71 bits per heavy atom. The molecule has 0 bridgehead atoms. The largest absolute Gasteiger partial charge is 0.396 e. The fraction of sp³-hybridized carbons (Fsp3) is 0.308. The second-order valence-electron chi connectivity index (χ2n) is 4.44. The third kappa shape index (κ3) is 2.02. The van der Waals surface area contributed by atoms with E-state index >= 15 is 0 Å². The number of hydrogen-bond donors (Lipinski definition) is 1. The molecule has 90 valence electrons. The summed E-state index contributed by atoms with van der Waals surface area (Å²) in [6, 6.07) is 5.30. The molecule has 17 heavy (non-hydrogen) atoms. The average Bonchev–Trinajstić information content (AvgIpc) is 2.72. The topological polar surface area (TPSA) is 43.8 Å². The normalized spacial score (nSPS) is 11.1. The third-order valence-electron chi connectivity index (χ3n) is 2.78. The van der Waals surface area contributed by atoms with E-state index in [4.69, 9.17) is 5.73 Å². The molecule has 4 heteroatoms. The Morgan fingerprint density at radius 1 is 1.35 bits per heavy atom. The van der Waals surface area contributed by atoms with E-state index in [0.717, 1.165) is 16.8 Å². The van der Waals surface area contributed by atoms with Crippen LogP contribution in [0, 0.1) is 12.7 Å². The molecule has 0 saturated heterocycles. The van der Waals surface area contributed by atoms with Gasteiger partial charge >= 0.3 is 0 Å². The number of rotatable bonds is 2. The molecule has 2 rings (SSSR count). The molecule has 0 aliphatic heterocycles. The second kappa shape index (κ2) is 4.20. The molecule has 2 aromatic rings. The molecule has 0 fully saturated rings. The van der Waals surface area contributed by atoms with Crippen LogP contribution in [0.3, 0.4) is 0 Å². The molecule has 0 unspecified atom stereocenters. The highest BCUT2D eigenvalue weighted by Gasteiger charge is 2.12. The maximum Gasteiger partial charge on any atom is 0.146 e. The highest BCUT2D eigenvalue weighted by molar-refractivity contribution is 5.68. The van der Waals surface area contributed by atoms with E-state index in [9.17, 15) is 4.39 Å². The Hall–Kier alpha value is -1.84. The molecule has 0 aliphatic carbocycles. The van der Waals surface area contributed by atoms with Crippen molar-refractivity contribution >= 4 is 5.69 Å². The van der Waals surface area contributed by atoms with Gasteiger partial charge in [0.05, 0.1) is 11.4 Å². The fourth-order valence-corrected chi connectivity index (χ4v) is 1.90. The first-order valence-electron chi connectivity index (χ1n) is 5.60. The number of nitrogens with zero attached hydrogens (tertiary/aromatic N) is 2. The van der Waals surface area contributed by atoms with Gasteiger partial charge in [-0.05, 0) is 44.5 Å². The zero-order valence-corrected chi connectivity index (χ0v) is 10.2. The average molecular weight is 233 g/mol. The van der Waals surface area contributed by atoms with Crippen molar-refractivity contribution in [2.45, 2.75) is 26.8 Å². The first-order chi connectivity index (χ1) is 8.00. The van der Waals surface area contributed by atoms with Crippen LogP contribution < -0.4 is 5.73 Å². The van der Waals surface area contributed by atoms with Gasteiger partial charge in [0, 0.05) is 17.8 Å². The molecular formula is C13H16FN3. The monoisotopic (exact) mass is 233 g/mol. The molecule has 0 saturated carbocycles. The number of nitrogens with two attached hydrogens (primary N) is 1. The predicted molar refractivity (Wildman–Crippen MR) is 67.2 cm³/mol. The van der Waals surface area contributed by atoms with Crippen LogP contribution in [-0.2, 0) is 0 Å². The zero-order valence-electron chi connectivity index (χ0n) is 10.2. The smallest absolute Gasteiger partial charge is 0.146 e. The number of benzene rings is 1. The van der Waals surface area contributed by atoms with E-state index in [1.807, 2.05) is 17.7 Å². The molecule has 1 aromatic heterocycles. The van der Waals surface area contributed by atoms with Crippen LogP contribution in [0.25, 0.3) is 11.3 Å². The van der Waals surface area contributed by atoms with E-state index in [1.165, 1.54) is 6.07 Å². The van der Waals surface area contributed by atoms with Gasteiger partial charge in [0.1, 0.15) is 5.82 Å². The lowest BCUT2D eigenvalue weighted by atomic mass is 10.0. The predicted octanol–water partition coefficient (Wildman–Crippen LogP) is 3.16. The second-order valence-corrected chi connectivity index (χ2v) is 4.44. The van der Waals surface area contributed by atoms with Gasteiger partial charge in [-0.25, -0.2) is 4.39 Å². The minimum atomic E-state index is -0.373. The van der Waals surface area contributed by atoms with E-state index in [-0.39, 0.29) is 17.5 Å². The lowest BCUT2D eigenvalue weighted by molar-refractivity contribution is 0.538. The molecule has 0 spiro atoms. The summed E-state index contributed by atoms with van der Waals surface area (Å²) < 4.78 is 15.2. The van der Waals surface area contributed by atoms with Crippen LogP contribution in [0.15, 0.2) is 24.4 Å². The molecule has 2 N–H and O–H groups in total. The summed E-state index contributed by atoms with van der Waals surface area (Å²) in [5, 5.41) is 4.27. The van der Waals surface area contributed by atoms with Gasteiger partial charge in [-0.2, -0.15) is 5.10 Å². The number of anilines is 1. The Morgan fingerprint density at radius 2 is 2.06 bits per heavy atom. The summed E-state index contributed by atoms with van der Waals surface area (Å²) in [6.45, 7) is 5.98. The van der Waals surface area contributed by atoms with Crippen molar-refractivity contribution in [2.75, 3.05) is 5.73 Å². The van der Waals surface area contributed by atoms with Crippen LogP contribution in [0.1, 0.15) is 25.5 Å². The Labute approximate surface area is 100 Å². The minimum Gasteiger partial charge on any atom is -0.396 e. The first kappa shape index (κ1) is 11.6. The van der Waals surface area contributed by atoms with E-state index in [0.29, 0.717) is 0 Å². The number of aromatic nitrogens is 2. The minimum absolute atomic E-state index is 0.169. The SMILES string of the molecule is Cc1cc(F)c(N)cc1-c1ccnn1C(C)C. The van der Waals surface area contributed by atoms with Gasteiger partial charge in [-0.1, -0.05) is 0 Å². The Balaban J connectivity index is 2.60. The quantitative estimate of drug-likeness (QED) is 0.810. The summed E-state index contributed by atoms with van der Waals surface area (Å²) in [4.78, 5) is 0. The van der Waals surface area contributed by atoms with Gasteiger partial charge in [0.2, 0.25) is 0 Å². The van der Waals surface area contributed by atoms with Crippen LogP contribution >= 0.6 is 0 Å². The lowest BCUT2D eigenvalue weighted by Crippen LogP contribution is -2.05. The van der Waals surface area contributed by atoms with Gasteiger partial charge < -0.3 is 5.73 Å². The van der Waals surface area contributed by atoms with Crippen molar-refractivity contribution in [3.8, 4) is 11.3 Å². The molecule has 0 atom stereocenters. The Kier molecular flexibility index (Phi) is 2.88. The lowest BCUT2D eigenvalue weighted by Gasteiger charge is -2.13. The number of halogens is 1. The van der Waals surface area contributed by atoms with Crippen LogP contribution in [-0.4, -0.2) is 9.78 Å². The molecular weight excluding hydrogens is 217 g/mol. The summed E-state index contributed by atoms with van der Waals surface area (Å²) in [5.41, 5.74) is 8.53. The van der Waals surface area contributed by atoms with Crippen molar-refractivity contribution in [2.24, 2.45) is 0 Å². The number of aryl methyl sites for hydroxylation is 1. The van der Waals surface area contributed by atoms with Gasteiger partial charge in [-0.3, -0.25) is 4.68 Å². The Bertz CT molecular complexity index is 544. The summed E-state index contributed by atoms with van der Waals surface area (Å²) >= 11 is 0. The van der Waals surface area contributed by atoms with E-state index in [1.54, 1.807) is 12.3 Å². The molecule has 0 radical (unpaired) electrons. The van der Waals surface area contributed by atoms with Crippen molar-refractivity contribution in [3.63, 3.8) is 0 Å². The van der Waals surface area contributed by atoms with Crippen LogP contribution in [0.5, 0.6) is 0 Å². The van der Waals surface area contributed by atoms with Gasteiger partial charge in [0.15, 0.2) is 0 Å². The molecule has 0 amide bonds. The van der Waals surface area contributed by atoms with E-state index in [2.05, 4.69) is 18.9 Å². The standard InChI is InChI=1S/C13H16FN3/c1-8(2)17-13(4-5-16-17)10-7-12(15)11(14)6-9(10)3/h4-8H,15H2,1-3H3. The van der Waals surface area contributed by atoms with Crippen LogP contribution in [0.4, 0.5) is 10.1 Å². The fourth-order valence-electron chi connectivity index (χ4n) is 1.90. The molecule has 0 aliphatic rings. The van der Waals surface area contributed by atoms with Crippen molar-refractivity contribution in [3.05, 3.63) is 35.8 Å². The summed E-state index contributed by atoms with van der Waals surface area (Å²) in [6.07, 6.45) is 1.74. The zero-order chi connectivity index (χ0) is 12.6. The molecule has 3 nitrogen and oxygen atoms in total. The number of nitrogen functional groups attached to an aromatic ring is 1. The molecule has 1 aromatic carbocycles. The highest BCUT2D eigenvalue weighted by atomic mass is 19.1. The van der Waals surface area contributed by atoms with Crippen molar-refractivity contribution in [1.82, 2.24) is 9.78 Å².